The number of rotatable bonds is 3. The molecule has 0 saturated heterocycles. The number of nitrogens with zero attached hydrogens (tertiary/aromatic N) is 3. The highest BCUT2D eigenvalue weighted by Crippen LogP contribution is 2.34. The van der Waals surface area contributed by atoms with Crippen LogP contribution in [0.5, 0.6) is 0 Å². The first-order chi connectivity index (χ1) is 12.2. The molecule has 3 aromatic heterocycles. The predicted molar refractivity (Wildman–Crippen MR) is 92.7 cm³/mol. The lowest BCUT2D eigenvalue weighted by Crippen LogP contribution is -2.05. The predicted octanol–water partition coefficient (Wildman–Crippen LogP) is 3.15. The molecule has 122 valence electrons. The van der Waals surface area contributed by atoms with Gasteiger partial charge in [-0.2, -0.15) is 0 Å². The number of carbonyl (C=O) groups is 2. The second-order valence-electron chi connectivity index (χ2n) is 5.51. The van der Waals surface area contributed by atoms with E-state index in [1.165, 1.54) is 7.11 Å². The topological polar surface area (TPSA) is 73.6 Å². The number of aromatic nitrogens is 3. The van der Waals surface area contributed by atoms with Crippen LogP contribution < -0.4 is 0 Å². The van der Waals surface area contributed by atoms with Crippen molar-refractivity contribution >= 4 is 28.8 Å². The number of aldehydes is 1. The van der Waals surface area contributed by atoms with Crippen LogP contribution in [0.4, 0.5) is 0 Å². The standard InChI is InChI=1S/C19H13N3O3/c1-25-19(24)15-9-16-17(13-6-4-12(10-23)5-7-13)14-3-2-8-20-18(14)22(16)11-21-15/h2-11H,1H3. The molecule has 0 unspecified atom stereocenters. The molecule has 25 heavy (non-hydrogen) atoms. The van der Waals surface area contributed by atoms with Crippen LogP contribution >= 0.6 is 0 Å². The molecule has 0 aliphatic carbocycles. The van der Waals surface area contributed by atoms with E-state index in [-0.39, 0.29) is 5.69 Å². The highest BCUT2D eigenvalue weighted by atomic mass is 16.5. The van der Waals surface area contributed by atoms with Crippen molar-refractivity contribution in [2.24, 2.45) is 0 Å². The third-order valence-electron chi connectivity index (χ3n) is 4.12. The molecule has 4 aromatic rings. The minimum atomic E-state index is -0.497. The lowest BCUT2D eigenvalue weighted by Gasteiger charge is -2.04. The first kappa shape index (κ1) is 15.0. The quantitative estimate of drug-likeness (QED) is 0.426. The van der Waals surface area contributed by atoms with E-state index in [2.05, 4.69) is 9.97 Å². The molecule has 4 rings (SSSR count). The summed E-state index contributed by atoms with van der Waals surface area (Å²) in [7, 11) is 1.32. The molecule has 0 spiro atoms. The molecular weight excluding hydrogens is 318 g/mol. The average Bonchev–Trinajstić information content (AvgIpc) is 3.01. The van der Waals surface area contributed by atoms with Crippen molar-refractivity contribution in [1.29, 1.82) is 0 Å². The Labute approximate surface area is 142 Å². The Morgan fingerprint density at radius 1 is 1.16 bits per heavy atom. The molecule has 6 nitrogen and oxygen atoms in total. The van der Waals surface area contributed by atoms with Gasteiger partial charge >= 0.3 is 5.97 Å². The summed E-state index contributed by atoms with van der Waals surface area (Å²) in [4.78, 5) is 31.4. The fourth-order valence-electron chi connectivity index (χ4n) is 2.95. The van der Waals surface area contributed by atoms with Gasteiger partial charge in [-0.3, -0.25) is 9.20 Å². The molecule has 3 heterocycles. The average molecular weight is 331 g/mol. The molecule has 0 N–H and O–H groups in total. The van der Waals surface area contributed by atoms with E-state index in [0.29, 0.717) is 5.56 Å². The van der Waals surface area contributed by atoms with Crippen LogP contribution in [0, 0.1) is 0 Å². The van der Waals surface area contributed by atoms with Crippen molar-refractivity contribution in [3.8, 4) is 11.1 Å². The van der Waals surface area contributed by atoms with Crippen LogP contribution in [-0.2, 0) is 4.74 Å². The van der Waals surface area contributed by atoms with E-state index in [9.17, 15) is 9.59 Å². The van der Waals surface area contributed by atoms with E-state index in [4.69, 9.17) is 4.74 Å². The van der Waals surface area contributed by atoms with Gasteiger partial charge in [0.1, 0.15) is 18.3 Å². The molecule has 6 heteroatoms. The Morgan fingerprint density at radius 3 is 2.68 bits per heavy atom. The zero-order valence-corrected chi connectivity index (χ0v) is 13.3. The molecule has 0 amide bonds. The van der Waals surface area contributed by atoms with E-state index in [0.717, 1.165) is 34.0 Å². The highest BCUT2D eigenvalue weighted by Gasteiger charge is 2.17. The lowest BCUT2D eigenvalue weighted by molar-refractivity contribution is 0.0594. The molecule has 0 bridgehead atoms. The molecule has 0 aliphatic heterocycles. The number of methoxy groups -OCH3 is 1. The zero-order valence-electron chi connectivity index (χ0n) is 13.3. The summed E-state index contributed by atoms with van der Waals surface area (Å²) in [5.41, 5.74) is 4.22. The Morgan fingerprint density at radius 2 is 1.96 bits per heavy atom. The number of fused-ring (bicyclic) bond motifs is 3. The maximum absolute atomic E-state index is 11.9. The molecule has 0 atom stereocenters. The summed E-state index contributed by atoms with van der Waals surface area (Å²) in [5.74, 6) is -0.497. The third kappa shape index (κ3) is 2.35. The van der Waals surface area contributed by atoms with Gasteiger partial charge in [-0.25, -0.2) is 14.8 Å². The van der Waals surface area contributed by atoms with E-state index < -0.39 is 5.97 Å². The summed E-state index contributed by atoms with van der Waals surface area (Å²) >= 11 is 0. The van der Waals surface area contributed by atoms with Gasteiger partial charge in [0, 0.05) is 22.7 Å². The molecule has 0 aliphatic rings. The van der Waals surface area contributed by atoms with Gasteiger partial charge in [0.2, 0.25) is 0 Å². The smallest absolute Gasteiger partial charge is 0.356 e. The lowest BCUT2D eigenvalue weighted by atomic mass is 10.0. The van der Waals surface area contributed by atoms with E-state index in [1.54, 1.807) is 30.7 Å². The third-order valence-corrected chi connectivity index (χ3v) is 4.12. The van der Waals surface area contributed by atoms with Crippen molar-refractivity contribution in [1.82, 2.24) is 14.4 Å². The highest BCUT2D eigenvalue weighted by molar-refractivity contribution is 6.05. The summed E-state index contributed by atoms with van der Waals surface area (Å²) in [6, 6.07) is 12.8. The number of benzene rings is 1. The fraction of sp³-hybridized carbons (Fsp3) is 0.0526. The van der Waals surface area contributed by atoms with Crippen LogP contribution in [0.15, 0.2) is 55.0 Å². The van der Waals surface area contributed by atoms with Gasteiger partial charge < -0.3 is 4.74 Å². The van der Waals surface area contributed by atoms with Gasteiger partial charge in [0.05, 0.1) is 12.6 Å². The SMILES string of the molecule is COC(=O)c1cc2c(-c3ccc(C=O)cc3)c3cccnc3n2cn1. The van der Waals surface area contributed by atoms with E-state index in [1.807, 2.05) is 28.7 Å². The molecular formula is C19H13N3O3. The first-order valence-electron chi connectivity index (χ1n) is 7.61. The van der Waals surface area contributed by atoms with Crippen molar-refractivity contribution in [3.05, 3.63) is 66.2 Å². The molecule has 1 aromatic carbocycles. The van der Waals surface area contributed by atoms with Gasteiger partial charge in [-0.05, 0) is 23.8 Å². The van der Waals surface area contributed by atoms with Crippen molar-refractivity contribution in [2.45, 2.75) is 0 Å². The summed E-state index contributed by atoms with van der Waals surface area (Å²) in [5, 5.41) is 0.935. The number of esters is 1. The Balaban J connectivity index is 2.07. The van der Waals surface area contributed by atoms with Crippen LogP contribution in [0.1, 0.15) is 20.8 Å². The number of carbonyl (C=O) groups excluding carboxylic acids is 2. The van der Waals surface area contributed by atoms with Crippen LogP contribution in [0.2, 0.25) is 0 Å². The summed E-state index contributed by atoms with van der Waals surface area (Å²) < 4.78 is 6.61. The van der Waals surface area contributed by atoms with Gasteiger partial charge in [-0.15, -0.1) is 0 Å². The second kappa shape index (κ2) is 5.83. The maximum Gasteiger partial charge on any atom is 0.356 e. The van der Waals surface area contributed by atoms with Crippen molar-refractivity contribution < 1.29 is 14.3 Å². The Bertz CT molecular complexity index is 1110. The Hall–Kier alpha value is -3.54. The minimum Gasteiger partial charge on any atom is -0.464 e. The van der Waals surface area contributed by atoms with Gasteiger partial charge in [0.25, 0.3) is 0 Å². The molecule has 0 saturated carbocycles. The fourth-order valence-corrected chi connectivity index (χ4v) is 2.95. The molecule has 0 fully saturated rings. The van der Waals surface area contributed by atoms with Crippen LogP contribution in [0.25, 0.3) is 27.7 Å². The normalized spacial score (nSPS) is 10.9. The van der Waals surface area contributed by atoms with Crippen LogP contribution in [0.3, 0.4) is 0 Å². The number of hydrogen-bond acceptors (Lipinski definition) is 5. The monoisotopic (exact) mass is 331 g/mol. The number of pyridine rings is 1. The van der Waals surface area contributed by atoms with Crippen molar-refractivity contribution in [3.63, 3.8) is 0 Å². The van der Waals surface area contributed by atoms with Crippen LogP contribution in [-0.4, -0.2) is 33.7 Å². The Kier molecular flexibility index (Phi) is 3.50. The summed E-state index contributed by atoms with van der Waals surface area (Å²) in [6.07, 6.45) is 4.09. The second-order valence-corrected chi connectivity index (χ2v) is 5.51. The molecule has 0 radical (unpaired) electrons. The largest absolute Gasteiger partial charge is 0.464 e. The minimum absolute atomic E-state index is 0.226. The first-order valence-corrected chi connectivity index (χ1v) is 7.61. The number of hydrogen-bond donors (Lipinski definition) is 0. The maximum atomic E-state index is 11.9. The van der Waals surface area contributed by atoms with Gasteiger partial charge in [0.15, 0.2) is 5.69 Å². The van der Waals surface area contributed by atoms with E-state index >= 15 is 0 Å². The zero-order chi connectivity index (χ0) is 17.4. The van der Waals surface area contributed by atoms with Crippen molar-refractivity contribution in [2.75, 3.05) is 7.11 Å². The van der Waals surface area contributed by atoms with Gasteiger partial charge in [-0.1, -0.05) is 24.3 Å². The number of ether oxygens (including phenoxy) is 1. The summed E-state index contributed by atoms with van der Waals surface area (Å²) in [6.45, 7) is 0.